The van der Waals surface area contributed by atoms with E-state index in [1.165, 1.54) is 0 Å². The van der Waals surface area contributed by atoms with E-state index >= 15 is 0 Å². The third kappa shape index (κ3) is 3.38. The monoisotopic (exact) mass is 272 g/mol. The van der Waals surface area contributed by atoms with Crippen LogP contribution < -0.4 is 10.6 Å². The lowest BCUT2D eigenvalue weighted by molar-refractivity contribution is 0.549. The molecule has 0 bridgehead atoms. The molecule has 1 aromatic heterocycles. The summed E-state index contributed by atoms with van der Waals surface area (Å²) in [6, 6.07) is 7.86. The van der Waals surface area contributed by atoms with Gasteiger partial charge in [0, 0.05) is 13.1 Å². The normalized spacial score (nSPS) is 11.5. The summed E-state index contributed by atoms with van der Waals surface area (Å²) < 4.78 is 0. The Morgan fingerprint density at radius 2 is 1.45 bits per heavy atom. The van der Waals surface area contributed by atoms with Crippen molar-refractivity contribution in [2.24, 2.45) is 11.8 Å². The first kappa shape index (κ1) is 14.6. The third-order valence-corrected chi connectivity index (χ3v) is 3.05. The molecule has 0 saturated carbocycles. The first-order valence-corrected chi connectivity index (χ1v) is 7.24. The highest BCUT2D eigenvalue weighted by atomic mass is 15.2. The number of aromatic nitrogens is 2. The van der Waals surface area contributed by atoms with Gasteiger partial charge in [-0.15, -0.1) is 0 Å². The average Bonchev–Trinajstić information content (AvgIpc) is 2.36. The van der Waals surface area contributed by atoms with Crippen molar-refractivity contribution in [1.29, 1.82) is 0 Å². The van der Waals surface area contributed by atoms with Crippen LogP contribution >= 0.6 is 0 Å². The molecule has 0 fully saturated rings. The Hall–Kier alpha value is -1.84. The maximum Gasteiger partial charge on any atom is 0.172 e. The van der Waals surface area contributed by atoms with Gasteiger partial charge in [-0.25, -0.2) is 9.97 Å². The summed E-state index contributed by atoms with van der Waals surface area (Å²) >= 11 is 0. The van der Waals surface area contributed by atoms with E-state index in [0.29, 0.717) is 17.7 Å². The molecule has 0 aliphatic rings. The summed E-state index contributed by atoms with van der Waals surface area (Å²) in [5.74, 6) is 2.44. The second-order valence-electron chi connectivity index (χ2n) is 6.11. The Bertz CT molecular complexity index is 568. The number of hydrogen-bond acceptors (Lipinski definition) is 4. The second-order valence-corrected chi connectivity index (χ2v) is 6.11. The lowest BCUT2D eigenvalue weighted by Gasteiger charge is -2.28. The molecule has 2 N–H and O–H groups in total. The van der Waals surface area contributed by atoms with E-state index in [0.717, 1.165) is 29.9 Å². The molecule has 1 aromatic carbocycles. The van der Waals surface area contributed by atoms with Gasteiger partial charge in [0.25, 0.3) is 0 Å². The molecule has 4 nitrogen and oxygen atoms in total. The Morgan fingerprint density at radius 3 is 1.95 bits per heavy atom. The molecule has 0 unspecified atom stereocenters. The minimum absolute atomic E-state index is 0.519. The summed E-state index contributed by atoms with van der Waals surface area (Å²) in [7, 11) is 0. The number of nitrogen functional groups attached to an aromatic ring is 1. The number of para-hydroxylation sites is 2. The number of rotatable bonds is 5. The minimum Gasteiger partial charge on any atom is -0.381 e. The van der Waals surface area contributed by atoms with E-state index < -0.39 is 0 Å². The lowest BCUT2D eigenvalue weighted by atomic mass is 10.1. The van der Waals surface area contributed by atoms with Gasteiger partial charge in [0.2, 0.25) is 0 Å². The van der Waals surface area contributed by atoms with Gasteiger partial charge < -0.3 is 10.6 Å². The smallest absolute Gasteiger partial charge is 0.172 e. The number of benzene rings is 1. The second kappa shape index (κ2) is 6.07. The number of fused-ring (bicyclic) bond motifs is 1. The van der Waals surface area contributed by atoms with E-state index in [-0.39, 0.29) is 0 Å². The van der Waals surface area contributed by atoms with E-state index in [4.69, 9.17) is 10.7 Å². The highest BCUT2D eigenvalue weighted by Gasteiger charge is 2.16. The van der Waals surface area contributed by atoms with Crippen molar-refractivity contribution in [2.45, 2.75) is 27.7 Å². The average molecular weight is 272 g/mol. The predicted molar refractivity (Wildman–Crippen MR) is 85.8 cm³/mol. The summed E-state index contributed by atoms with van der Waals surface area (Å²) in [5.41, 5.74) is 7.87. The van der Waals surface area contributed by atoms with Crippen molar-refractivity contribution in [3.63, 3.8) is 0 Å². The van der Waals surface area contributed by atoms with Gasteiger partial charge in [-0.05, 0) is 24.0 Å². The van der Waals surface area contributed by atoms with Crippen LogP contribution in [0.3, 0.4) is 0 Å². The van der Waals surface area contributed by atoms with Crippen LogP contribution in [0.4, 0.5) is 11.6 Å². The molecule has 20 heavy (non-hydrogen) atoms. The van der Waals surface area contributed by atoms with E-state index in [2.05, 4.69) is 37.6 Å². The SMILES string of the molecule is CC(C)CN(CC(C)C)c1nc2ccccc2nc1N. The molecule has 4 heteroatoms. The Labute approximate surface area is 121 Å². The Balaban J connectivity index is 2.43. The van der Waals surface area contributed by atoms with Crippen LogP contribution in [-0.2, 0) is 0 Å². The third-order valence-electron chi connectivity index (χ3n) is 3.05. The largest absolute Gasteiger partial charge is 0.381 e. The molecule has 0 amide bonds. The van der Waals surface area contributed by atoms with Crippen molar-refractivity contribution in [2.75, 3.05) is 23.7 Å². The van der Waals surface area contributed by atoms with Gasteiger partial charge >= 0.3 is 0 Å². The number of nitrogens with two attached hydrogens (primary N) is 1. The van der Waals surface area contributed by atoms with Gasteiger partial charge in [-0.2, -0.15) is 0 Å². The zero-order valence-electron chi connectivity index (χ0n) is 12.8. The van der Waals surface area contributed by atoms with Crippen molar-refractivity contribution in [3.8, 4) is 0 Å². The van der Waals surface area contributed by atoms with Gasteiger partial charge in [0.1, 0.15) is 0 Å². The first-order valence-electron chi connectivity index (χ1n) is 7.24. The van der Waals surface area contributed by atoms with E-state index in [9.17, 15) is 0 Å². The zero-order chi connectivity index (χ0) is 14.7. The molecule has 0 spiro atoms. The predicted octanol–water partition coefficient (Wildman–Crippen LogP) is 3.33. The fourth-order valence-electron chi connectivity index (χ4n) is 2.37. The van der Waals surface area contributed by atoms with Crippen molar-refractivity contribution >= 4 is 22.7 Å². The summed E-state index contributed by atoms with van der Waals surface area (Å²) in [6.07, 6.45) is 0. The molecule has 1 heterocycles. The lowest BCUT2D eigenvalue weighted by Crippen LogP contribution is -2.32. The van der Waals surface area contributed by atoms with Crippen LogP contribution in [-0.4, -0.2) is 23.1 Å². The quantitative estimate of drug-likeness (QED) is 0.907. The van der Waals surface area contributed by atoms with Crippen LogP contribution in [0.25, 0.3) is 11.0 Å². The van der Waals surface area contributed by atoms with Crippen molar-refractivity contribution in [1.82, 2.24) is 9.97 Å². The molecular formula is C16H24N4. The molecule has 0 radical (unpaired) electrons. The number of anilines is 2. The Morgan fingerprint density at radius 1 is 0.950 bits per heavy atom. The van der Waals surface area contributed by atoms with E-state index in [1.54, 1.807) is 0 Å². The van der Waals surface area contributed by atoms with Crippen LogP contribution in [0.2, 0.25) is 0 Å². The van der Waals surface area contributed by atoms with Gasteiger partial charge in [-0.3, -0.25) is 0 Å². The molecule has 0 atom stereocenters. The number of hydrogen-bond donors (Lipinski definition) is 1. The van der Waals surface area contributed by atoms with Crippen LogP contribution in [0.5, 0.6) is 0 Å². The highest BCUT2D eigenvalue weighted by molar-refractivity contribution is 5.79. The van der Waals surface area contributed by atoms with Gasteiger partial charge in [0.05, 0.1) is 11.0 Å². The zero-order valence-corrected chi connectivity index (χ0v) is 12.8. The summed E-state index contributed by atoms with van der Waals surface area (Å²) in [4.78, 5) is 11.5. The summed E-state index contributed by atoms with van der Waals surface area (Å²) in [5, 5.41) is 0. The first-order chi connectivity index (χ1) is 9.47. The fraction of sp³-hybridized carbons (Fsp3) is 0.500. The standard InChI is InChI=1S/C16H24N4/c1-11(2)9-20(10-12(3)4)16-15(17)18-13-7-5-6-8-14(13)19-16/h5-8,11-12H,9-10H2,1-4H3,(H2,17,18). The van der Waals surface area contributed by atoms with Crippen LogP contribution in [0.1, 0.15) is 27.7 Å². The van der Waals surface area contributed by atoms with Gasteiger partial charge in [0.15, 0.2) is 11.6 Å². The molecule has 0 saturated heterocycles. The maximum absolute atomic E-state index is 6.12. The molecule has 0 aliphatic carbocycles. The Kier molecular flexibility index (Phi) is 4.42. The minimum atomic E-state index is 0.519. The topological polar surface area (TPSA) is 55.0 Å². The fourth-order valence-corrected chi connectivity index (χ4v) is 2.37. The molecule has 2 aromatic rings. The maximum atomic E-state index is 6.12. The molecule has 0 aliphatic heterocycles. The van der Waals surface area contributed by atoms with Gasteiger partial charge in [-0.1, -0.05) is 39.8 Å². The van der Waals surface area contributed by atoms with E-state index in [1.807, 2.05) is 24.3 Å². The molecule has 108 valence electrons. The van der Waals surface area contributed by atoms with Crippen LogP contribution in [0, 0.1) is 11.8 Å². The highest BCUT2D eigenvalue weighted by Crippen LogP contribution is 2.24. The van der Waals surface area contributed by atoms with Crippen molar-refractivity contribution < 1.29 is 0 Å². The molecular weight excluding hydrogens is 248 g/mol. The van der Waals surface area contributed by atoms with Crippen molar-refractivity contribution in [3.05, 3.63) is 24.3 Å². The van der Waals surface area contributed by atoms with Crippen LogP contribution in [0.15, 0.2) is 24.3 Å². The molecule has 2 rings (SSSR count). The number of nitrogens with zero attached hydrogens (tertiary/aromatic N) is 3. The summed E-state index contributed by atoms with van der Waals surface area (Å²) in [6.45, 7) is 10.7.